The lowest BCUT2D eigenvalue weighted by Gasteiger charge is -2.33. The Morgan fingerprint density at radius 2 is 2.00 bits per heavy atom. The van der Waals surface area contributed by atoms with Crippen LogP contribution in [0.5, 0.6) is 0 Å². The highest BCUT2D eigenvalue weighted by Crippen LogP contribution is 2.29. The maximum atomic E-state index is 12.2. The monoisotopic (exact) mass is 399 g/mol. The van der Waals surface area contributed by atoms with Gasteiger partial charge in [-0.1, -0.05) is 29.3 Å². The van der Waals surface area contributed by atoms with Gasteiger partial charge in [-0.15, -0.1) is 0 Å². The Kier molecular flexibility index (Phi) is 5.77. The highest BCUT2D eigenvalue weighted by molar-refractivity contribution is 6.42. The number of imide groups is 1. The highest BCUT2D eigenvalue weighted by Gasteiger charge is 2.43. The number of urea groups is 1. The number of benzene rings is 1. The molecular weight excluding hydrogens is 377 g/mol. The first kappa shape index (κ1) is 19.4. The molecule has 2 aliphatic heterocycles. The van der Waals surface area contributed by atoms with Crippen LogP contribution in [0.15, 0.2) is 18.2 Å². The number of nitrogens with one attached hydrogen (secondary N) is 1. The fourth-order valence-corrected chi connectivity index (χ4v) is 3.60. The fourth-order valence-electron chi connectivity index (χ4n) is 3.29. The summed E-state index contributed by atoms with van der Waals surface area (Å²) >= 11 is 12.1. The minimum atomic E-state index is -0.811. The van der Waals surface area contributed by atoms with Gasteiger partial charge >= 0.3 is 6.03 Å². The molecule has 0 radical (unpaired) electrons. The fraction of sp³-hybridized carbons (Fsp3) is 0.556. The van der Waals surface area contributed by atoms with Crippen molar-refractivity contribution in [2.75, 3.05) is 32.8 Å². The SMILES string of the molecule is CC1(C)NC(=O)N(CCCN2CCOC(c3ccc(Cl)c(Cl)c3)C2)C1=O. The zero-order chi connectivity index (χ0) is 18.9. The molecule has 0 bridgehead atoms. The number of nitrogens with zero attached hydrogens (tertiary/aromatic N) is 2. The van der Waals surface area contributed by atoms with Crippen LogP contribution in [0.2, 0.25) is 10.0 Å². The first-order chi connectivity index (χ1) is 12.3. The van der Waals surface area contributed by atoms with Crippen LogP contribution in [0.1, 0.15) is 31.9 Å². The summed E-state index contributed by atoms with van der Waals surface area (Å²) in [6.45, 7) is 6.84. The molecule has 1 atom stereocenters. The van der Waals surface area contributed by atoms with E-state index in [4.69, 9.17) is 27.9 Å². The van der Waals surface area contributed by atoms with Gasteiger partial charge in [-0.05, 0) is 38.0 Å². The molecule has 3 amide bonds. The molecule has 1 aromatic rings. The van der Waals surface area contributed by atoms with Gasteiger partial charge in [0, 0.05) is 26.2 Å². The Bertz CT molecular complexity index is 711. The van der Waals surface area contributed by atoms with Crippen molar-refractivity contribution in [3.05, 3.63) is 33.8 Å². The summed E-state index contributed by atoms with van der Waals surface area (Å²) in [6.07, 6.45) is 0.665. The topological polar surface area (TPSA) is 61.9 Å². The molecule has 3 rings (SSSR count). The number of halogens is 2. The molecule has 1 aromatic carbocycles. The number of hydrogen-bond donors (Lipinski definition) is 1. The van der Waals surface area contributed by atoms with E-state index in [2.05, 4.69) is 10.2 Å². The van der Waals surface area contributed by atoms with Crippen molar-refractivity contribution in [1.29, 1.82) is 0 Å². The van der Waals surface area contributed by atoms with E-state index in [1.54, 1.807) is 19.9 Å². The van der Waals surface area contributed by atoms with Gasteiger partial charge in [0.1, 0.15) is 5.54 Å². The van der Waals surface area contributed by atoms with E-state index in [0.717, 1.165) is 31.6 Å². The van der Waals surface area contributed by atoms with Crippen LogP contribution in [0.3, 0.4) is 0 Å². The van der Waals surface area contributed by atoms with Gasteiger partial charge in [-0.25, -0.2) is 4.79 Å². The van der Waals surface area contributed by atoms with Crippen molar-refractivity contribution < 1.29 is 14.3 Å². The van der Waals surface area contributed by atoms with Gasteiger partial charge in [0.25, 0.3) is 5.91 Å². The number of carbonyl (C=O) groups excluding carboxylic acids is 2. The minimum absolute atomic E-state index is 0.0610. The van der Waals surface area contributed by atoms with Crippen LogP contribution >= 0.6 is 23.2 Å². The molecular formula is C18H23Cl2N3O3. The molecule has 1 unspecified atom stereocenters. The Morgan fingerprint density at radius 3 is 2.65 bits per heavy atom. The first-order valence-electron chi connectivity index (χ1n) is 8.71. The lowest BCUT2D eigenvalue weighted by Crippen LogP contribution is -2.41. The van der Waals surface area contributed by atoms with Gasteiger partial charge in [-0.2, -0.15) is 0 Å². The Balaban J connectivity index is 1.52. The smallest absolute Gasteiger partial charge is 0.325 e. The predicted molar refractivity (Wildman–Crippen MR) is 101 cm³/mol. The Labute approximate surface area is 163 Å². The predicted octanol–water partition coefficient (Wildman–Crippen LogP) is 3.09. The number of ether oxygens (including phenoxy) is 1. The summed E-state index contributed by atoms with van der Waals surface area (Å²) < 4.78 is 5.86. The maximum absolute atomic E-state index is 12.2. The van der Waals surface area contributed by atoms with Gasteiger partial charge in [-0.3, -0.25) is 14.6 Å². The molecule has 142 valence electrons. The molecule has 0 spiro atoms. The van der Waals surface area contributed by atoms with Crippen molar-refractivity contribution in [1.82, 2.24) is 15.1 Å². The van der Waals surface area contributed by atoms with Gasteiger partial charge in [0.05, 0.1) is 22.8 Å². The largest absolute Gasteiger partial charge is 0.371 e. The second-order valence-electron chi connectivity index (χ2n) is 7.20. The van der Waals surface area contributed by atoms with Crippen molar-refractivity contribution in [3.63, 3.8) is 0 Å². The number of carbonyl (C=O) groups is 2. The maximum Gasteiger partial charge on any atom is 0.325 e. The van der Waals surface area contributed by atoms with Crippen molar-refractivity contribution >= 4 is 35.1 Å². The van der Waals surface area contributed by atoms with Crippen LogP contribution in [-0.2, 0) is 9.53 Å². The standard InChI is InChI=1S/C18H23Cl2N3O3/c1-18(2)16(24)23(17(25)21-18)7-3-6-22-8-9-26-15(11-22)12-4-5-13(19)14(20)10-12/h4-5,10,15H,3,6-9,11H2,1-2H3,(H,21,25). The van der Waals surface area contributed by atoms with E-state index >= 15 is 0 Å². The number of amides is 3. The molecule has 0 aromatic heterocycles. The van der Waals surface area contributed by atoms with Gasteiger partial charge in [0.15, 0.2) is 0 Å². The second kappa shape index (κ2) is 7.72. The molecule has 0 aliphatic carbocycles. The van der Waals surface area contributed by atoms with E-state index in [0.29, 0.717) is 23.2 Å². The van der Waals surface area contributed by atoms with Crippen molar-refractivity contribution in [3.8, 4) is 0 Å². The average molecular weight is 400 g/mol. The quantitative estimate of drug-likeness (QED) is 0.772. The van der Waals surface area contributed by atoms with E-state index < -0.39 is 5.54 Å². The number of hydrogen-bond acceptors (Lipinski definition) is 4. The molecule has 26 heavy (non-hydrogen) atoms. The minimum Gasteiger partial charge on any atom is -0.371 e. The third kappa shape index (κ3) is 4.14. The summed E-state index contributed by atoms with van der Waals surface area (Å²) in [7, 11) is 0. The summed E-state index contributed by atoms with van der Waals surface area (Å²) in [5.41, 5.74) is 0.189. The Hall–Kier alpha value is -1.34. The van der Waals surface area contributed by atoms with E-state index in [1.807, 2.05) is 12.1 Å². The van der Waals surface area contributed by atoms with Crippen LogP contribution in [0.4, 0.5) is 4.79 Å². The van der Waals surface area contributed by atoms with Crippen molar-refractivity contribution in [2.24, 2.45) is 0 Å². The summed E-state index contributed by atoms with van der Waals surface area (Å²) in [5.74, 6) is -0.168. The second-order valence-corrected chi connectivity index (χ2v) is 8.01. The van der Waals surface area contributed by atoms with Crippen molar-refractivity contribution in [2.45, 2.75) is 31.9 Å². The molecule has 2 heterocycles. The molecule has 8 heteroatoms. The normalized spacial score (nSPS) is 23.4. The summed E-state index contributed by atoms with van der Waals surface area (Å²) in [6, 6.07) is 5.24. The molecule has 1 N–H and O–H groups in total. The van der Waals surface area contributed by atoms with E-state index in [-0.39, 0.29) is 18.0 Å². The number of rotatable bonds is 5. The van der Waals surface area contributed by atoms with Gasteiger partial charge < -0.3 is 10.1 Å². The van der Waals surface area contributed by atoms with Crippen LogP contribution in [-0.4, -0.2) is 60.1 Å². The third-order valence-corrected chi connectivity index (χ3v) is 5.51. The molecule has 6 nitrogen and oxygen atoms in total. The number of morpholine rings is 1. The molecule has 2 saturated heterocycles. The summed E-state index contributed by atoms with van der Waals surface area (Å²) in [5, 5.41) is 3.75. The summed E-state index contributed by atoms with van der Waals surface area (Å²) in [4.78, 5) is 27.7. The van der Waals surface area contributed by atoms with E-state index in [9.17, 15) is 9.59 Å². The Morgan fingerprint density at radius 1 is 1.23 bits per heavy atom. The zero-order valence-corrected chi connectivity index (χ0v) is 16.4. The lowest BCUT2D eigenvalue weighted by atomic mass is 10.1. The average Bonchev–Trinajstić information content (AvgIpc) is 2.79. The molecule has 0 saturated carbocycles. The van der Waals surface area contributed by atoms with E-state index in [1.165, 1.54) is 4.90 Å². The zero-order valence-electron chi connectivity index (χ0n) is 14.9. The van der Waals surface area contributed by atoms with Gasteiger partial charge in [0.2, 0.25) is 0 Å². The highest BCUT2D eigenvalue weighted by atomic mass is 35.5. The first-order valence-corrected chi connectivity index (χ1v) is 9.46. The van der Waals surface area contributed by atoms with Crippen LogP contribution in [0.25, 0.3) is 0 Å². The van der Waals surface area contributed by atoms with Crippen LogP contribution < -0.4 is 5.32 Å². The van der Waals surface area contributed by atoms with Crippen LogP contribution in [0, 0.1) is 0 Å². The molecule has 2 fully saturated rings. The third-order valence-electron chi connectivity index (χ3n) is 4.77. The molecule has 2 aliphatic rings. The lowest BCUT2D eigenvalue weighted by molar-refractivity contribution is -0.130.